The van der Waals surface area contributed by atoms with Crippen LogP contribution >= 0.6 is 8.60 Å². The minimum Gasteiger partial charge on any atom is -0.394 e. The molecule has 0 heterocycles. The fourth-order valence-corrected chi connectivity index (χ4v) is 2.68. The van der Waals surface area contributed by atoms with Crippen molar-refractivity contribution in [2.24, 2.45) is 0 Å². The largest absolute Gasteiger partial charge is 0.394 e. The topological polar surface area (TPSA) is 144 Å². The molecule has 0 fully saturated rings. The smallest absolute Gasteiger partial charge is 0.332 e. The normalized spacial score (nSPS) is 11.6. The predicted octanol–water partition coefficient (Wildman–Crippen LogP) is -0.660. The lowest BCUT2D eigenvalue weighted by Crippen LogP contribution is -2.13. The Labute approximate surface area is 185 Å². The molecule has 31 heavy (non-hydrogen) atoms. The number of hydrogen-bond donors (Lipinski definition) is 3. The average Bonchev–Trinajstić information content (AvgIpc) is 2.78. The second kappa shape index (κ2) is 28.0. The molecule has 0 atom stereocenters. The van der Waals surface area contributed by atoms with Crippen LogP contribution in [0.5, 0.6) is 0 Å². The minimum absolute atomic E-state index is 0.0130. The second-order valence-corrected chi connectivity index (χ2v) is 6.79. The molecule has 0 spiro atoms. The highest BCUT2D eigenvalue weighted by molar-refractivity contribution is 7.41. The number of hydrogen-bond acceptors (Lipinski definition) is 12. The van der Waals surface area contributed by atoms with Crippen LogP contribution in [0.2, 0.25) is 0 Å². The monoisotopic (exact) mass is 478 g/mol. The zero-order valence-corrected chi connectivity index (χ0v) is 19.1. The fourth-order valence-electron chi connectivity index (χ4n) is 1.78. The summed E-state index contributed by atoms with van der Waals surface area (Å²) in [4.78, 5) is 0. The lowest BCUT2D eigenvalue weighted by molar-refractivity contribution is 0.00875. The van der Waals surface area contributed by atoms with E-state index < -0.39 is 8.60 Å². The molecule has 12 nitrogen and oxygen atoms in total. The summed E-state index contributed by atoms with van der Waals surface area (Å²) in [7, 11) is -1.58. The molecule has 0 bridgehead atoms. The van der Waals surface area contributed by atoms with Gasteiger partial charge in [-0.2, -0.15) is 0 Å². The van der Waals surface area contributed by atoms with Gasteiger partial charge in [-0.15, -0.1) is 0 Å². The van der Waals surface area contributed by atoms with Crippen molar-refractivity contribution in [3.8, 4) is 0 Å². The van der Waals surface area contributed by atoms with Gasteiger partial charge in [-0.25, -0.2) is 0 Å². The van der Waals surface area contributed by atoms with Crippen molar-refractivity contribution in [3.05, 3.63) is 0 Å². The van der Waals surface area contributed by atoms with Crippen LogP contribution in [0.25, 0.3) is 0 Å². The Kier molecular flexibility index (Phi) is 27.9. The van der Waals surface area contributed by atoms with Gasteiger partial charge in [0, 0.05) is 0 Å². The highest BCUT2D eigenvalue weighted by Crippen LogP contribution is 2.39. The van der Waals surface area contributed by atoms with E-state index in [-0.39, 0.29) is 59.5 Å². The Morgan fingerprint density at radius 1 is 0.323 bits per heavy atom. The van der Waals surface area contributed by atoms with Crippen LogP contribution in [0.3, 0.4) is 0 Å². The SMILES string of the molecule is OCCOCCOCCOP(OCCOCCOCCO)OCCOCCOCCO. The van der Waals surface area contributed by atoms with Crippen molar-refractivity contribution in [2.75, 3.05) is 119 Å². The Balaban J connectivity index is 3.82. The van der Waals surface area contributed by atoms with Crippen molar-refractivity contribution >= 4 is 8.60 Å². The molecule has 0 aromatic heterocycles. The van der Waals surface area contributed by atoms with E-state index in [1.54, 1.807) is 0 Å². The van der Waals surface area contributed by atoms with Gasteiger partial charge in [0.1, 0.15) is 0 Å². The standard InChI is InChI=1S/C18H39O12P/c19-1-4-22-7-10-25-13-16-28-31(29-17-14-26-11-8-23-5-2-20)30-18-15-27-12-9-24-6-3-21/h19-21H,1-18H2. The lowest BCUT2D eigenvalue weighted by Gasteiger charge is -2.17. The summed E-state index contributed by atoms with van der Waals surface area (Å²) >= 11 is 0. The zero-order chi connectivity index (χ0) is 22.7. The highest BCUT2D eigenvalue weighted by Gasteiger charge is 2.12. The van der Waals surface area contributed by atoms with Gasteiger partial charge in [0.25, 0.3) is 0 Å². The molecular weight excluding hydrogens is 439 g/mol. The fraction of sp³-hybridized carbons (Fsp3) is 1.00. The molecule has 0 saturated heterocycles. The number of aliphatic hydroxyl groups excluding tert-OH is 3. The molecule has 188 valence electrons. The van der Waals surface area contributed by atoms with Crippen molar-refractivity contribution < 1.29 is 57.3 Å². The molecule has 0 saturated carbocycles. The van der Waals surface area contributed by atoms with Crippen LogP contribution in [-0.4, -0.2) is 134 Å². The molecule has 0 aromatic rings. The summed E-state index contributed by atoms with van der Waals surface area (Å²) < 4.78 is 48.1. The Hall–Kier alpha value is -0.0500. The van der Waals surface area contributed by atoms with Gasteiger partial charge in [0.2, 0.25) is 0 Å². The van der Waals surface area contributed by atoms with Crippen LogP contribution < -0.4 is 0 Å². The maximum atomic E-state index is 8.61. The molecule has 13 heteroatoms. The molecule has 0 amide bonds. The van der Waals surface area contributed by atoms with E-state index in [4.69, 9.17) is 57.3 Å². The molecule has 0 aliphatic carbocycles. The third kappa shape index (κ3) is 26.1. The van der Waals surface area contributed by atoms with Crippen molar-refractivity contribution in [1.82, 2.24) is 0 Å². The van der Waals surface area contributed by atoms with Gasteiger partial charge < -0.3 is 57.3 Å². The van der Waals surface area contributed by atoms with Gasteiger partial charge in [-0.1, -0.05) is 0 Å². The number of ether oxygens (including phenoxy) is 6. The summed E-state index contributed by atoms with van der Waals surface area (Å²) in [6.07, 6.45) is 0. The molecule has 3 N–H and O–H groups in total. The minimum atomic E-state index is -1.58. The van der Waals surface area contributed by atoms with E-state index in [1.807, 2.05) is 0 Å². The molecule has 0 unspecified atom stereocenters. The maximum Gasteiger partial charge on any atom is 0.332 e. The highest BCUT2D eigenvalue weighted by atomic mass is 31.2. The molecule has 0 aliphatic heterocycles. The van der Waals surface area contributed by atoms with Crippen LogP contribution in [0.4, 0.5) is 0 Å². The van der Waals surface area contributed by atoms with Crippen molar-refractivity contribution in [1.29, 1.82) is 0 Å². The third-order valence-corrected chi connectivity index (χ3v) is 4.28. The molecular formula is C18H39O12P. The quantitative estimate of drug-likeness (QED) is 0.102. The van der Waals surface area contributed by atoms with E-state index in [0.29, 0.717) is 59.5 Å². The third-order valence-electron chi connectivity index (χ3n) is 3.10. The van der Waals surface area contributed by atoms with Gasteiger partial charge in [0.15, 0.2) is 0 Å². The first-order valence-corrected chi connectivity index (χ1v) is 11.4. The predicted molar refractivity (Wildman–Crippen MR) is 111 cm³/mol. The Morgan fingerprint density at radius 3 is 0.806 bits per heavy atom. The van der Waals surface area contributed by atoms with Crippen LogP contribution in [0.1, 0.15) is 0 Å². The van der Waals surface area contributed by atoms with Gasteiger partial charge in [-0.3, -0.25) is 0 Å². The first-order valence-electron chi connectivity index (χ1n) is 10.3. The lowest BCUT2D eigenvalue weighted by atomic mass is 10.7. The summed E-state index contributed by atoms with van der Waals surface area (Å²) in [6.45, 7) is 5.18. The molecule has 0 radical (unpaired) electrons. The van der Waals surface area contributed by atoms with E-state index in [1.165, 1.54) is 0 Å². The number of aliphatic hydroxyl groups is 3. The van der Waals surface area contributed by atoms with E-state index in [0.717, 1.165) is 0 Å². The first kappa shape index (κ1) is 30.9. The Morgan fingerprint density at radius 2 is 0.548 bits per heavy atom. The maximum absolute atomic E-state index is 8.61. The van der Waals surface area contributed by atoms with Crippen molar-refractivity contribution in [2.45, 2.75) is 0 Å². The van der Waals surface area contributed by atoms with Gasteiger partial charge >= 0.3 is 8.60 Å². The van der Waals surface area contributed by atoms with E-state index >= 15 is 0 Å². The first-order chi connectivity index (χ1) is 15.3. The van der Waals surface area contributed by atoms with Crippen LogP contribution in [0.15, 0.2) is 0 Å². The van der Waals surface area contributed by atoms with Crippen LogP contribution in [-0.2, 0) is 42.0 Å². The molecule has 0 rings (SSSR count). The van der Waals surface area contributed by atoms with Gasteiger partial charge in [-0.05, 0) is 0 Å². The summed E-state index contributed by atoms with van der Waals surface area (Å²) in [5.74, 6) is 0. The summed E-state index contributed by atoms with van der Waals surface area (Å²) in [5.41, 5.74) is 0. The average molecular weight is 478 g/mol. The van der Waals surface area contributed by atoms with Crippen LogP contribution in [0, 0.1) is 0 Å². The molecule has 0 aliphatic rings. The van der Waals surface area contributed by atoms with Gasteiger partial charge in [0.05, 0.1) is 119 Å². The van der Waals surface area contributed by atoms with E-state index in [2.05, 4.69) is 0 Å². The second-order valence-electron chi connectivity index (χ2n) is 5.57. The Bertz CT molecular complexity index is 282. The number of rotatable bonds is 27. The summed E-state index contributed by atoms with van der Waals surface area (Å²) in [5, 5.41) is 25.8. The zero-order valence-electron chi connectivity index (χ0n) is 18.2. The van der Waals surface area contributed by atoms with E-state index in [9.17, 15) is 0 Å². The summed E-state index contributed by atoms with van der Waals surface area (Å²) in [6, 6.07) is 0. The van der Waals surface area contributed by atoms with Crippen molar-refractivity contribution in [3.63, 3.8) is 0 Å². The molecule has 0 aromatic carbocycles.